The molecule has 7 heteroatoms. The molecule has 1 aromatic heterocycles. The molecule has 0 amide bonds. The van der Waals surface area contributed by atoms with Gasteiger partial charge in [-0.05, 0) is 35.7 Å². The molecule has 4 nitrogen and oxygen atoms in total. The molecule has 0 fully saturated rings. The van der Waals surface area contributed by atoms with Gasteiger partial charge in [-0.15, -0.1) is 24.0 Å². The number of benzene rings is 1. The van der Waals surface area contributed by atoms with Crippen molar-refractivity contribution in [2.24, 2.45) is 4.99 Å². The molecule has 2 aromatic rings. The Hall–Kier alpha value is -1.05. The van der Waals surface area contributed by atoms with Gasteiger partial charge in [-0.1, -0.05) is 35.3 Å². The molecule has 2 rings (SSSR count). The lowest BCUT2D eigenvalue weighted by molar-refractivity contribution is 0.477. The lowest BCUT2D eigenvalue weighted by Gasteiger charge is -2.22. The van der Waals surface area contributed by atoms with Gasteiger partial charge in [0, 0.05) is 39.6 Å². The van der Waals surface area contributed by atoms with E-state index in [9.17, 15) is 0 Å². The molecular weight excluding hydrogens is 458 g/mol. The van der Waals surface area contributed by atoms with Gasteiger partial charge in [0.1, 0.15) is 0 Å². The summed E-state index contributed by atoms with van der Waals surface area (Å²) < 4.78 is 0. The van der Waals surface area contributed by atoms with Gasteiger partial charge in [-0.25, -0.2) is 0 Å². The first kappa shape index (κ1) is 21.0. The van der Waals surface area contributed by atoms with Crippen molar-refractivity contribution in [2.75, 3.05) is 20.6 Å². The molecule has 0 unspecified atom stereocenters. The molecule has 0 atom stereocenters. The first-order chi connectivity index (χ1) is 11.1. The van der Waals surface area contributed by atoms with Crippen molar-refractivity contribution in [1.82, 2.24) is 15.2 Å². The molecule has 0 spiro atoms. The number of hydrogen-bond donors (Lipinski definition) is 1. The Balaban J connectivity index is 0.00000288. The van der Waals surface area contributed by atoms with Crippen LogP contribution in [0.2, 0.25) is 10.0 Å². The van der Waals surface area contributed by atoms with Crippen molar-refractivity contribution in [3.8, 4) is 0 Å². The van der Waals surface area contributed by atoms with Gasteiger partial charge in [0.15, 0.2) is 5.96 Å². The van der Waals surface area contributed by atoms with Crippen molar-refractivity contribution in [1.29, 1.82) is 0 Å². The van der Waals surface area contributed by atoms with Gasteiger partial charge in [0.05, 0.1) is 10.0 Å². The first-order valence-corrected chi connectivity index (χ1v) is 8.10. The monoisotopic (exact) mass is 478 g/mol. The van der Waals surface area contributed by atoms with Crippen LogP contribution >= 0.6 is 47.2 Å². The summed E-state index contributed by atoms with van der Waals surface area (Å²) >= 11 is 12.0. The van der Waals surface area contributed by atoms with Gasteiger partial charge >= 0.3 is 0 Å². The van der Waals surface area contributed by atoms with Crippen LogP contribution in [0.5, 0.6) is 0 Å². The summed E-state index contributed by atoms with van der Waals surface area (Å²) in [6.07, 6.45) is 4.55. The topological polar surface area (TPSA) is 40.5 Å². The molecule has 0 aliphatic carbocycles. The zero-order valence-corrected chi connectivity index (χ0v) is 17.5. The molecule has 1 N–H and O–H groups in total. The average Bonchev–Trinajstić information content (AvgIpc) is 2.56. The highest BCUT2D eigenvalue weighted by Gasteiger charge is 2.07. The fraction of sp³-hybridized carbons (Fsp3) is 0.294. The molecule has 0 aliphatic rings. The molecular formula is C17H21Cl2IN4. The number of pyridine rings is 1. The van der Waals surface area contributed by atoms with E-state index in [4.69, 9.17) is 23.2 Å². The third kappa shape index (κ3) is 6.45. The second-order valence-electron chi connectivity index (χ2n) is 5.19. The number of guanidine groups is 1. The van der Waals surface area contributed by atoms with Gasteiger partial charge in [-0.2, -0.15) is 0 Å². The highest BCUT2D eigenvalue weighted by molar-refractivity contribution is 14.0. The van der Waals surface area contributed by atoms with Crippen LogP contribution in [0.15, 0.2) is 47.7 Å². The van der Waals surface area contributed by atoms with E-state index in [1.165, 1.54) is 5.56 Å². The van der Waals surface area contributed by atoms with Crippen molar-refractivity contribution in [3.63, 3.8) is 0 Å². The molecule has 24 heavy (non-hydrogen) atoms. The zero-order chi connectivity index (χ0) is 16.7. The van der Waals surface area contributed by atoms with E-state index in [1.807, 2.05) is 42.4 Å². The second kappa shape index (κ2) is 10.7. The van der Waals surface area contributed by atoms with Crippen LogP contribution in [0.25, 0.3) is 0 Å². The minimum atomic E-state index is 0. The van der Waals surface area contributed by atoms with Crippen molar-refractivity contribution < 1.29 is 0 Å². The zero-order valence-electron chi connectivity index (χ0n) is 13.7. The van der Waals surface area contributed by atoms with Gasteiger partial charge in [-0.3, -0.25) is 9.98 Å². The summed E-state index contributed by atoms with van der Waals surface area (Å²) in [5.74, 6) is 0.833. The Morgan fingerprint density at radius 3 is 2.62 bits per heavy atom. The highest BCUT2D eigenvalue weighted by atomic mass is 127. The number of nitrogens with one attached hydrogen (secondary N) is 1. The van der Waals surface area contributed by atoms with Crippen LogP contribution in [-0.2, 0) is 13.0 Å². The Morgan fingerprint density at radius 2 is 2.00 bits per heavy atom. The fourth-order valence-electron chi connectivity index (χ4n) is 2.24. The lowest BCUT2D eigenvalue weighted by atomic mass is 10.2. The number of halogens is 3. The van der Waals surface area contributed by atoms with Crippen LogP contribution in [0.4, 0.5) is 0 Å². The predicted molar refractivity (Wildman–Crippen MR) is 113 cm³/mol. The normalized spacial score (nSPS) is 10.9. The molecule has 0 bridgehead atoms. The summed E-state index contributed by atoms with van der Waals surface area (Å²) in [5, 5.41) is 4.49. The summed E-state index contributed by atoms with van der Waals surface area (Å²) in [5.41, 5.74) is 2.28. The first-order valence-electron chi connectivity index (χ1n) is 7.34. The number of rotatable bonds is 5. The smallest absolute Gasteiger partial charge is 0.193 e. The molecule has 0 aliphatic heterocycles. The summed E-state index contributed by atoms with van der Waals surface area (Å²) in [4.78, 5) is 10.5. The molecule has 130 valence electrons. The van der Waals surface area contributed by atoms with Crippen molar-refractivity contribution in [2.45, 2.75) is 13.0 Å². The number of hydrogen-bond acceptors (Lipinski definition) is 2. The SMILES string of the molecule is CN=C(NCCc1cccnc1)N(C)Cc1ccc(Cl)c(Cl)c1.I. The highest BCUT2D eigenvalue weighted by Crippen LogP contribution is 2.23. The van der Waals surface area contributed by atoms with E-state index in [2.05, 4.69) is 21.4 Å². The maximum atomic E-state index is 6.06. The van der Waals surface area contributed by atoms with Crippen molar-refractivity contribution in [3.05, 3.63) is 63.9 Å². The van der Waals surface area contributed by atoms with Crippen LogP contribution < -0.4 is 5.32 Å². The van der Waals surface area contributed by atoms with Crippen LogP contribution in [-0.4, -0.2) is 36.5 Å². The minimum absolute atomic E-state index is 0. The van der Waals surface area contributed by atoms with Gasteiger partial charge < -0.3 is 10.2 Å². The number of aromatic nitrogens is 1. The Bertz CT molecular complexity index is 665. The lowest BCUT2D eigenvalue weighted by Crippen LogP contribution is -2.39. The predicted octanol–water partition coefficient (Wildman–Crippen LogP) is 4.26. The Morgan fingerprint density at radius 1 is 1.21 bits per heavy atom. The quantitative estimate of drug-likeness (QED) is 0.396. The fourth-order valence-corrected chi connectivity index (χ4v) is 2.56. The molecule has 0 saturated carbocycles. The molecule has 1 heterocycles. The van der Waals surface area contributed by atoms with E-state index >= 15 is 0 Å². The number of nitrogens with zero attached hydrogens (tertiary/aromatic N) is 3. The maximum absolute atomic E-state index is 6.06. The summed E-state index contributed by atoms with van der Waals surface area (Å²) in [6, 6.07) is 9.67. The van der Waals surface area contributed by atoms with Crippen LogP contribution in [0.1, 0.15) is 11.1 Å². The third-order valence-electron chi connectivity index (χ3n) is 3.40. The van der Waals surface area contributed by atoms with Crippen LogP contribution in [0, 0.1) is 0 Å². The summed E-state index contributed by atoms with van der Waals surface area (Å²) in [7, 11) is 3.76. The molecule has 0 radical (unpaired) electrons. The minimum Gasteiger partial charge on any atom is -0.356 e. The molecule has 0 saturated heterocycles. The van der Waals surface area contributed by atoms with E-state index in [-0.39, 0.29) is 24.0 Å². The summed E-state index contributed by atoms with van der Waals surface area (Å²) in [6.45, 7) is 1.49. The van der Waals surface area contributed by atoms with Crippen molar-refractivity contribution >= 4 is 53.1 Å². The van der Waals surface area contributed by atoms with Gasteiger partial charge in [0.2, 0.25) is 0 Å². The van der Waals surface area contributed by atoms with E-state index < -0.39 is 0 Å². The van der Waals surface area contributed by atoms with E-state index in [0.29, 0.717) is 16.6 Å². The van der Waals surface area contributed by atoms with Gasteiger partial charge in [0.25, 0.3) is 0 Å². The molecule has 1 aromatic carbocycles. The van der Waals surface area contributed by atoms with E-state index in [1.54, 1.807) is 13.2 Å². The average molecular weight is 479 g/mol. The van der Waals surface area contributed by atoms with E-state index in [0.717, 1.165) is 24.5 Å². The van der Waals surface area contributed by atoms with Crippen LogP contribution in [0.3, 0.4) is 0 Å². The Labute approximate surface area is 170 Å². The second-order valence-corrected chi connectivity index (χ2v) is 6.00. The maximum Gasteiger partial charge on any atom is 0.193 e. The number of aliphatic imine (C=N–C) groups is 1. The Kier molecular flexibility index (Phi) is 9.39. The standard InChI is InChI=1S/C17H20Cl2N4.HI/c1-20-17(22-9-7-13-4-3-8-21-11-13)23(2)12-14-5-6-15(18)16(19)10-14;/h3-6,8,10-11H,7,9,12H2,1-2H3,(H,20,22);1H. The third-order valence-corrected chi connectivity index (χ3v) is 4.14. The largest absolute Gasteiger partial charge is 0.356 e.